The van der Waals surface area contributed by atoms with Crippen molar-refractivity contribution in [2.75, 3.05) is 50.0 Å². The third-order valence-corrected chi connectivity index (χ3v) is 11.8. The van der Waals surface area contributed by atoms with Gasteiger partial charge in [0, 0.05) is 42.4 Å². The van der Waals surface area contributed by atoms with Crippen LogP contribution >= 0.6 is 11.3 Å². The fourth-order valence-electron chi connectivity index (χ4n) is 8.53. The van der Waals surface area contributed by atoms with Crippen LogP contribution in [-0.4, -0.2) is 89.0 Å². The third kappa shape index (κ3) is 5.20. The number of nitrogens with two attached hydrogens (primary N) is 1. The molecule has 4 aliphatic heterocycles. The first kappa shape index (κ1) is 33.6. The number of nitriles is 1. The minimum absolute atomic E-state index is 0.0277. The maximum absolute atomic E-state index is 17.2. The normalized spacial score (nSPS) is 24.7. The van der Waals surface area contributed by atoms with Crippen LogP contribution in [0.1, 0.15) is 43.7 Å². The molecule has 0 radical (unpaired) electrons. The quantitative estimate of drug-likeness (QED) is 0.209. The zero-order chi connectivity index (χ0) is 36.0. The Kier molecular flexibility index (Phi) is 7.91. The number of ether oxygens (including phenoxy) is 2. The zero-order valence-electron chi connectivity index (χ0n) is 27.2. The molecule has 8 rings (SSSR count). The number of nitrogen functional groups attached to an aromatic ring is 1. The Hall–Kier alpha value is -4.56. The van der Waals surface area contributed by atoms with Crippen LogP contribution in [0.5, 0.6) is 6.01 Å². The average Bonchev–Trinajstić information content (AvgIpc) is 3.89. The number of fused-ring (bicyclic) bond motifs is 4. The van der Waals surface area contributed by atoms with Gasteiger partial charge in [-0.3, -0.25) is 9.80 Å². The van der Waals surface area contributed by atoms with Gasteiger partial charge in [-0.05, 0) is 50.4 Å². The van der Waals surface area contributed by atoms with E-state index in [2.05, 4.69) is 9.97 Å². The van der Waals surface area contributed by atoms with E-state index in [9.17, 15) is 18.8 Å². The van der Waals surface area contributed by atoms with Gasteiger partial charge in [0.25, 0.3) is 0 Å². The number of hydrogen-bond donors (Lipinski definition) is 1. The molecule has 0 saturated carbocycles. The summed E-state index contributed by atoms with van der Waals surface area (Å²) in [5, 5.41) is 9.21. The Morgan fingerprint density at radius 2 is 2.06 bits per heavy atom. The van der Waals surface area contributed by atoms with Gasteiger partial charge in [0.2, 0.25) is 0 Å². The number of nitrogens with zero attached hydrogens (tertiary/aromatic N) is 6. The van der Waals surface area contributed by atoms with Crippen LogP contribution < -0.4 is 15.4 Å². The molecule has 2 aromatic heterocycles. The molecule has 4 atom stereocenters. The molecule has 4 fully saturated rings. The van der Waals surface area contributed by atoms with E-state index in [1.54, 1.807) is 16.7 Å². The summed E-state index contributed by atoms with van der Waals surface area (Å²) in [5.74, 6) is -2.26. The summed E-state index contributed by atoms with van der Waals surface area (Å²) >= 11 is 0.676. The molecule has 10 nitrogen and oxygen atoms in total. The molecular weight excluding hydrogens is 700 g/mol. The van der Waals surface area contributed by atoms with Crippen molar-refractivity contribution < 1.29 is 40.6 Å². The number of anilines is 2. The van der Waals surface area contributed by atoms with E-state index >= 15 is 17.6 Å². The third-order valence-electron chi connectivity index (χ3n) is 10.8. The number of rotatable bonds is 7. The molecule has 17 heteroatoms. The first-order valence-electron chi connectivity index (χ1n) is 16.6. The Labute approximate surface area is 291 Å². The molecule has 1 amide bonds. The Balaban J connectivity index is 1.35. The molecule has 4 aliphatic rings. The summed E-state index contributed by atoms with van der Waals surface area (Å²) in [7, 11) is 0. The summed E-state index contributed by atoms with van der Waals surface area (Å²) in [5.41, 5.74) is 1.84. The van der Waals surface area contributed by atoms with Crippen molar-refractivity contribution in [1.29, 1.82) is 5.26 Å². The SMILES string of the molecule is CCN(c1nc(OCC23CCCN2CC(F)C3)nc2c(F)c(-c3ccc(F)c4sc(N)c(C#N)c34)c(C(F)(F)F)cc12)C1CCN2C(=O)OCC12. The predicted octanol–water partition coefficient (Wildman–Crippen LogP) is 6.64. The van der Waals surface area contributed by atoms with Crippen LogP contribution in [0.25, 0.3) is 32.1 Å². The highest BCUT2D eigenvalue weighted by Crippen LogP contribution is 2.49. The second-order valence-corrected chi connectivity index (χ2v) is 14.5. The second-order valence-electron chi connectivity index (χ2n) is 13.4. The molecule has 2 N–H and O–H groups in total. The number of benzene rings is 2. The van der Waals surface area contributed by atoms with Gasteiger partial charge in [-0.1, -0.05) is 6.07 Å². The smallest absolute Gasteiger partial charge is 0.417 e. The topological polar surface area (TPSA) is 121 Å². The minimum Gasteiger partial charge on any atom is -0.461 e. The summed E-state index contributed by atoms with van der Waals surface area (Å²) in [6.07, 6.45) is -4.53. The first-order chi connectivity index (χ1) is 24.3. The summed E-state index contributed by atoms with van der Waals surface area (Å²) in [4.78, 5) is 26.6. The van der Waals surface area contributed by atoms with Gasteiger partial charge in [-0.2, -0.15) is 28.4 Å². The van der Waals surface area contributed by atoms with Crippen LogP contribution in [0.3, 0.4) is 0 Å². The second kappa shape index (κ2) is 12.0. The highest BCUT2D eigenvalue weighted by molar-refractivity contribution is 7.23. The number of carbonyl (C=O) groups is 1. The summed E-state index contributed by atoms with van der Waals surface area (Å²) in [6.45, 7) is 3.28. The maximum atomic E-state index is 17.2. The van der Waals surface area contributed by atoms with Crippen LogP contribution in [0, 0.1) is 23.0 Å². The van der Waals surface area contributed by atoms with E-state index in [-0.39, 0.29) is 76.2 Å². The van der Waals surface area contributed by atoms with Gasteiger partial charge in [0.15, 0.2) is 5.82 Å². The van der Waals surface area contributed by atoms with Crippen molar-refractivity contribution in [3.05, 3.63) is 41.0 Å². The minimum atomic E-state index is -5.13. The number of likely N-dealkylation sites (N-methyl/N-ethyl adjacent to an activating group) is 1. The number of alkyl halides is 4. The van der Waals surface area contributed by atoms with Crippen molar-refractivity contribution in [2.24, 2.45) is 0 Å². The van der Waals surface area contributed by atoms with Crippen LogP contribution in [0.15, 0.2) is 18.2 Å². The number of amides is 1. The lowest BCUT2D eigenvalue weighted by Crippen LogP contribution is -2.45. The molecule has 4 unspecified atom stereocenters. The zero-order valence-corrected chi connectivity index (χ0v) is 28.0. The number of hydrogen-bond acceptors (Lipinski definition) is 10. The van der Waals surface area contributed by atoms with E-state index in [1.165, 1.54) is 0 Å². The first-order valence-corrected chi connectivity index (χ1v) is 17.4. The van der Waals surface area contributed by atoms with Crippen molar-refractivity contribution in [1.82, 2.24) is 19.8 Å². The highest BCUT2D eigenvalue weighted by Gasteiger charge is 2.50. The fourth-order valence-corrected chi connectivity index (χ4v) is 9.48. The average molecular weight is 732 g/mol. The molecular formula is C34H31F6N7O3S. The summed E-state index contributed by atoms with van der Waals surface area (Å²) in [6, 6.07) is 3.29. The van der Waals surface area contributed by atoms with Gasteiger partial charge in [0.05, 0.1) is 33.4 Å². The van der Waals surface area contributed by atoms with E-state index in [4.69, 9.17) is 15.2 Å². The van der Waals surface area contributed by atoms with E-state index in [1.807, 2.05) is 11.0 Å². The van der Waals surface area contributed by atoms with Crippen LogP contribution in [0.4, 0.5) is 42.0 Å². The van der Waals surface area contributed by atoms with Crippen LogP contribution in [-0.2, 0) is 10.9 Å². The lowest BCUT2D eigenvalue weighted by atomic mass is 9.92. The van der Waals surface area contributed by atoms with Crippen molar-refractivity contribution in [3.8, 4) is 23.2 Å². The summed E-state index contributed by atoms with van der Waals surface area (Å²) < 4.78 is 103. The number of halogens is 6. The maximum Gasteiger partial charge on any atom is 0.417 e. The molecule has 0 spiro atoms. The molecule has 0 aliphatic carbocycles. The Morgan fingerprint density at radius 3 is 2.80 bits per heavy atom. The van der Waals surface area contributed by atoms with Crippen molar-refractivity contribution >= 4 is 49.2 Å². The van der Waals surface area contributed by atoms with Gasteiger partial charge in [0.1, 0.15) is 47.6 Å². The van der Waals surface area contributed by atoms with Gasteiger partial charge in [-0.15, -0.1) is 11.3 Å². The number of cyclic esters (lactones) is 1. The van der Waals surface area contributed by atoms with E-state index < -0.39 is 64.3 Å². The molecule has 4 saturated heterocycles. The molecule has 6 heterocycles. The van der Waals surface area contributed by atoms with E-state index in [0.717, 1.165) is 24.6 Å². The molecule has 2 aromatic carbocycles. The van der Waals surface area contributed by atoms with Gasteiger partial charge >= 0.3 is 18.3 Å². The molecule has 0 bridgehead atoms. The van der Waals surface area contributed by atoms with Crippen LogP contribution in [0.2, 0.25) is 0 Å². The number of thiophene rings is 1. The van der Waals surface area contributed by atoms with Gasteiger partial charge < -0.3 is 20.1 Å². The number of aromatic nitrogens is 2. The van der Waals surface area contributed by atoms with E-state index in [0.29, 0.717) is 37.3 Å². The van der Waals surface area contributed by atoms with Crippen molar-refractivity contribution in [3.63, 3.8) is 0 Å². The van der Waals surface area contributed by atoms with Gasteiger partial charge in [-0.25, -0.2) is 18.0 Å². The monoisotopic (exact) mass is 731 g/mol. The molecule has 51 heavy (non-hydrogen) atoms. The standard InChI is InChI=1S/C34H31F6N7O3S/c1-2-46(22-6-9-47-23(22)14-49-32(47)48)30-18-10-20(34(38,39)40)25(17-4-5-21(36)28-24(17)19(12-41)29(42)51-28)26(37)27(18)43-31(44-30)50-15-33-7-3-8-45(33)13-16(35)11-33/h4-5,10,16,22-23H,2-3,6-9,11,13-15,42H2,1H3. The highest BCUT2D eigenvalue weighted by atomic mass is 32.1. The number of carbonyl (C=O) groups excluding carboxylic acids is 1. The largest absolute Gasteiger partial charge is 0.461 e. The van der Waals surface area contributed by atoms with Crippen molar-refractivity contribution in [2.45, 2.75) is 62.6 Å². The fraction of sp³-hybridized carbons (Fsp3) is 0.471. The Morgan fingerprint density at radius 1 is 1.25 bits per heavy atom. The molecule has 268 valence electrons. The Bertz CT molecular complexity index is 2140. The molecule has 4 aromatic rings. The predicted molar refractivity (Wildman–Crippen MR) is 176 cm³/mol. The lowest BCUT2D eigenvalue weighted by Gasteiger charge is -2.33. The lowest BCUT2D eigenvalue weighted by molar-refractivity contribution is -0.137.